The van der Waals surface area contributed by atoms with Crippen molar-refractivity contribution in [1.82, 2.24) is 31.2 Å². The van der Waals surface area contributed by atoms with Crippen molar-refractivity contribution in [3.63, 3.8) is 0 Å². The molecule has 2 rings (SSSR count). The number of benzene rings is 1. The number of hydrogen-bond donors (Lipinski definition) is 7. The van der Waals surface area contributed by atoms with Gasteiger partial charge in [0.25, 0.3) is 5.91 Å². The van der Waals surface area contributed by atoms with E-state index in [0.29, 0.717) is 12.3 Å². The third kappa shape index (κ3) is 14.7. The fourth-order valence-electron chi connectivity index (χ4n) is 3.47. The summed E-state index contributed by atoms with van der Waals surface area (Å²) in [7, 11) is 0. The Balaban J connectivity index is 1.73. The van der Waals surface area contributed by atoms with Gasteiger partial charge in [-0.25, -0.2) is 19.6 Å². The molecular formula is C29H43ClN10O6. The van der Waals surface area contributed by atoms with Crippen LogP contribution in [0.1, 0.15) is 70.4 Å². The number of amides is 3. The maximum absolute atomic E-state index is 12.3. The number of unbranched alkanes of at least 4 members (excludes halogenated alkanes) is 1. The number of halogens is 1. The zero-order valence-corrected chi connectivity index (χ0v) is 27.6. The summed E-state index contributed by atoms with van der Waals surface area (Å²) < 4.78 is 16.2. The number of anilines is 2. The van der Waals surface area contributed by atoms with Crippen LogP contribution in [0.5, 0.6) is 5.75 Å². The van der Waals surface area contributed by atoms with Gasteiger partial charge in [0, 0.05) is 6.54 Å². The zero-order chi connectivity index (χ0) is 34.5. The number of alkyl carbamates (subject to hydrolysis) is 1. The van der Waals surface area contributed by atoms with Crippen LogP contribution >= 0.6 is 11.6 Å². The Kier molecular flexibility index (Phi) is 13.8. The number of hydrogen-bond acceptors (Lipinski definition) is 11. The molecule has 17 heteroatoms. The van der Waals surface area contributed by atoms with Crippen molar-refractivity contribution >= 4 is 53.2 Å². The van der Waals surface area contributed by atoms with Gasteiger partial charge in [-0.15, -0.1) is 4.99 Å². The van der Waals surface area contributed by atoms with Crippen LogP contribution in [0.2, 0.25) is 5.15 Å². The summed E-state index contributed by atoms with van der Waals surface area (Å²) in [5, 5.41) is 18.2. The summed E-state index contributed by atoms with van der Waals surface area (Å²) in [6, 6.07) is 7.57. The molecule has 0 unspecified atom stereocenters. The molecule has 3 amide bonds. The number of aliphatic imine (C=N–C) groups is 1. The minimum absolute atomic E-state index is 0.0905. The molecule has 0 radical (unpaired) electrons. The van der Waals surface area contributed by atoms with E-state index in [9.17, 15) is 14.4 Å². The Morgan fingerprint density at radius 1 is 0.891 bits per heavy atom. The minimum atomic E-state index is -0.871. The molecule has 16 nitrogen and oxygen atoms in total. The summed E-state index contributed by atoms with van der Waals surface area (Å²) >= 11 is 5.79. The van der Waals surface area contributed by atoms with E-state index >= 15 is 0 Å². The normalized spacial score (nSPS) is 11.7. The Morgan fingerprint density at radius 2 is 1.54 bits per heavy atom. The van der Waals surface area contributed by atoms with Crippen LogP contribution in [0.15, 0.2) is 29.3 Å². The number of nitrogens with two attached hydrogens (primary N) is 2. The van der Waals surface area contributed by atoms with E-state index < -0.39 is 29.3 Å². The molecule has 0 aliphatic carbocycles. The number of nitrogen functional groups attached to an aromatic ring is 2. The number of ether oxygens (including phenoxy) is 3. The first-order valence-corrected chi connectivity index (χ1v) is 14.8. The van der Waals surface area contributed by atoms with Crippen LogP contribution in [-0.4, -0.2) is 70.9 Å². The van der Waals surface area contributed by atoms with Crippen molar-refractivity contribution in [2.75, 3.05) is 31.2 Å². The molecule has 0 saturated heterocycles. The molecule has 0 bridgehead atoms. The summed E-state index contributed by atoms with van der Waals surface area (Å²) in [6.45, 7) is 11.2. The topological polar surface area (TPSA) is 241 Å². The summed E-state index contributed by atoms with van der Waals surface area (Å²) in [6.07, 6.45) is 0.710. The van der Waals surface area contributed by atoms with Crippen LogP contribution in [0.25, 0.3) is 0 Å². The molecule has 0 atom stereocenters. The van der Waals surface area contributed by atoms with Gasteiger partial charge in [0.05, 0.1) is 6.54 Å². The van der Waals surface area contributed by atoms with Gasteiger partial charge >= 0.3 is 12.2 Å². The molecular weight excluding hydrogens is 620 g/mol. The van der Waals surface area contributed by atoms with Crippen LogP contribution in [-0.2, 0) is 15.9 Å². The highest BCUT2D eigenvalue weighted by Crippen LogP contribution is 2.17. The van der Waals surface area contributed by atoms with Gasteiger partial charge in [0.2, 0.25) is 5.96 Å². The van der Waals surface area contributed by atoms with Crippen molar-refractivity contribution in [1.29, 1.82) is 5.41 Å². The molecule has 0 aliphatic rings. The molecule has 1 aromatic heterocycles. The average Bonchev–Trinajstić information content (AvgIpc) is 2.91. The Bertz CT molecular complexity index is 1400. The first-order chi connectivity index (χ1) is 21.4. The van der Waals surface area contributed by atoms with E-state index in [2.05, 4.69) is 36.2 Å². The Labute approximate surface area is 272 Å². The second kappa shape index (κ2) is 17.0. The van der Waals surface area contributed by atoms with Gasteiger partial charge in [0.15, 0.2) is 28.4 Å². The van der Waals surface area contributed by atoms with Gasteiger partial charge in [-0.05, 0) is 78.5 Å². The number of nitrogens with one attached hydrogen (secondary N) is 5. The lowest BCUT2D eigenvalue weighted by atomic mass is 10.1. The number of carbonyl (C=O) groups is 3. The number of carbonyl (C=O) groups excluding carboxylic acids is 3. The lowest BCUT2D eigenvalue weighted by Crippen LogP contribution is -2.45. The fourth-order valence-corrected chi connectivity index (χ4v) is 3.60. The summed E-state index contributed by atoms with van der Waals surface area (Å²) in [5.74, 6) is -0.706. The van der Waals surface area contributed by atoms with Gasteiger partial charge in [-0.2, -0.15) is 0 Å². The lowest BCUT2D eigenvalue weighted by Gasteiger charge is -2.21. The van der Waals surface area contributed by atoms with Crippen molar-refractivity contribution in [2.24, 2.45) is 4.99 Å². The third-order valence-electron chi connectivity index (χ3n) is 5.35. The standard InChI is InChI=1S/C29H43ClN10O6/c1-28(2,3)45-26(42)39-25(40-27(43)46-29(4,5)6)35-15-16-44-18-12-10-17(11-13-18)9-7-8-14-34-24(33)38-23(41)19-21(31)37-22(32)20(30)36-19/h10-13H,7-9,14-16H2,1-6H3,(H4,31,32,37)(H3,33,34,38,41)(H2,35,39,40,42,43). The van der Waals surface area contributed by atoms with Crippen LogP contribution in [0.3, 0.4) is 0 Å². The molecule has 0 saturated carbocycles. The lowest BCUT2D eigenvalue weighted by molar-refractivity contribution is 0.0560. The molecule has 252 valence electrons. The number of nitrogens with zero attached hydrogens (tertiary/aromatic N) is 3. The highest BCUT2D eigenvalue weighted by Gasteiger charge is 2.20. The van der Waals surface area contributed by atoms with Gasteiger partial charge in [-0.3, -0.25) is 20.8 Å². The second-order valence-corrected chi connectivity index (χ2v) is 12.2. The fraction of sp³-hybridized carbons (Fsp3) is 0.483. The van der Waals surface area contributed by atoms with Gasteiger partial charge < -0.3 is 36.3 Å². The monoisotopic (exact) mass is 662 g/mol. The molecule has 0 fully saturated rings. The van der Waals surface area contributed by atoms with E-state index in [-0.39, 0.29) is 47.6 Å². The van der Waals surface area contributed by atoms with Crippen LogP contribution in [0, 0.1) is 5.41 Å². The number of guanidine groups is 2. The van der Waals surface area contributed by atoms with E-state index in [1.807, 2.05) is 24.3 Å². The van der Waals surface area contributed by atoms with Crippen molar-refractivity contribution < 1.29 is 28.6 Å². The number of aryl methyl sites for hydroxylation is 1. The summed E-state index contributed by atoms with van der Waals surface area (Å²) in [5.41, 5.74) is 10.6. The molecule has 0 spiro atoms. The highest BCUT2D eigenvalue weighted by atomic mass is 35.5. The van der Waals surface area contributed by atoms with Crippen molar-refractivity contribution in [3.8, 4) is 5.75 Å². The maximum Gasteiger partial charge on any atom is 0.437 e. The molecule has 2 aromatic rings. The SMILES string of the molecule is CC(C)(C)OC(=O)/N=C(\NCCOc1ccc(CCCCNC(=N)NC(=O)c2nc(Cl)c(N)nc2N)cc1)NC(=O)OC(C)(C)C. The molecule has 9 N–H and O–H groups in total. The van der Waals surface area contributed by atoms with Crippen LogP contribution < -0.4 is 37.5 Å². The van der Waals surface area contributed by atoms with Gasteiger partial charge in [0.1, 0.15) is 23.6 Å². The number of rotatable bonds is 10. The van der Waals surface area contributed by atoms with E-state index in [0.717, 1.165) is 24.8 Å². The Hall–Kier alpha value is -4.86. The van der Waals surface area contributed by atoms with E-state index in [1.165, 1.54) is 0 Å². The molecule has 0 aliphatic heterocycles. The number of aromatic nitrogens is 2. The quantitative estimate of drug-likeness (QED) is 0.110. The third-order valence-corrected chi connectivity index (χ3v) is 5.63. The molecule has 46 heavy (non-hydrogen) atoms. The van der Waals surface area contributed by atoms with Crippen LogP contribution in [0.4, 0.5) is 21.2 Å². The molecule has 1 heterocycles. The first kappa shape index (κ1) is 37.3. The highest BCUT2D eigenvalue weighted by molar-refractivity contribution is 6.31. The zero-order valence-electron chi connectivity index (χ0n) is 26.9. The second-order valence-electron chi connectivity index (χ2n) is 11.8. The first-order valence-electron chi connectivity index (χ1n) is 14.4. The maximum atomic E-state index is 12.3. The van der Waals surface area contributed by atoms with Gasteiger partial charge in [-0.1, -0.05) is 23.7 Å². The minimum Gasteiger partial charge on any atom is -0.492 e. The predicted octanol–water partition coefficient (Wildman–Crippen LogP) is 3.36. The van der Waals surface area contributed by atoms with Crippen molar-refractivity contribution in [3.05, 3.63) is 40.7 Å². The van der Waals surface area contributed by atoms with E-state index in [4.69, 9.17) is 42.7 Å². The largest absolute Gasteiger partial charge is 0.492 e. The Morgan fingerprint density at radius 3 is 2.17 bits per heavy atom. The van der Waals surface area contributed by atoms with E-state index in [1.54, 1.807) is 41.5 Å². The average molecular weight is 663 g/mol. The summed E-state index contributed by atoms with van der Waals surface area (Å²) in [4.78, 5) is 48.0. The smallest absolute Gasteiger partial charge is 0.437 e. The molecule has 1 aromatic carbocycles. The van der Waals surface area contributed by atoms with Crippen molar-refractivity contribution in [2.45, 2.75) is 72.0 Å². The predicted molar refractivity (Wildman–Crippen MR) is 175 cm³/mol.